The molecule has 2 aromatic carbocycles. The lowest BCUT2D eigenvalue weighted by molar-refractivity contribution is -0.274. The number of benzene rings is 2. The number of piperidine rings is 1. The van der Waals surface area contributed by atoms with Crippen LogP contribution in [0.25, 0.3) is 0 Å². The van der Waals surface area contributed by atoms with Crippen molar-refractivity contribution < 1.29 is 35.9 Å². The number of rotatable bonds is 5. The zero-order valence-corrected chi connectivity index (χ0v) is 18.0. The lowest BCUT2D eigenvalue weighted by Crippen LogP contribution is -2.54. The van der Waals surface area contributed by atoms with Crippen LogP contribution in [-0.4, -0.2) is 44.0 Å². The van der Waals surface area contributed by atoms with Gasteiger partial charge in [0.05, 0.1) is 5.02 Å². The van der Waals surface area contributed by atoms with Crippen molar-refractivity contribution >= 4 is 33.4 Å². The Morgan fingerprint density at radius 3 is 2.25 bits per heavy atom. The van der Waals surface area contributed by atoms with Crippen LogP contribution in [0.2, 0.25) is 5.02 Å². The molecule has 0 bridgehead atoms. The molecule has 1 heterocycles. The average molecular weight is 494 g/mol. The van der Waals surface area contributed by atoms with Gasteiger partial charge in [-0.1, -0.05) is 23.7 Å². The molecule has 0 aromatic heterocycles. The van der Waals surface area contributed by atoms with Crippen molar-refractivity contribution in [1.29, 1.82) is 0 Å². The van der Waals surface area contributed by atoms with Gasteiger partial charge in [-0.05, 0) is 36.4 Å². The number of nitrogens with zero attached hydrogens (tertiary/aromatic N) is 1. The number of hydrogen-bond acceptors (Lipinski definition) is 6. The van der Waals surface area contributed by atoms with E-state index in [0.717, 1.165) is 12.1 Å². The molecule has 0 atom stereocenters. The highest BCUT2D eigenvalue weighted by atomic mass is 35.5. The number of alkyl halides is 3. The minimum absolute atomic E-state index is 0.000808. The van der Waals surface area contributed by atoms with Crippen molar-refractivity contribution in [3.8, 4) is 5.75 Å². The molecule has 174 valence electrons. The van der Waals surface area contributed by atoms with Gasteiger partial charge < -0.3 is 9.47 Å². The Morgan fingerprint density at radius 1 is 1.09 bits per heavy atom. The maximum atomic E-state index is 12.8. The van der Waals surface area contributed by atoms with Gasteiger partial charge in [-0.2, -0.15) is 4.31 Å². The first kappa shape index (κ1) is 24.1. The third-order valence-corrected chi connectivity index (χ3v) is 7.05. The first-order valence-corrected chi connectivity index (χ1v) is 11.1. The summed E-state index contributed by atoms with van der Waals surface area (Å²) in [6.45, 7) is 0.00162. The summed E-state index contributed by atoms with van der Waals surface area (Å²) in [6.07, 6.45) is -5.70. The van der Waals surface area contributed by atoms with E-state index in [1.165, 1.54) is 28.6 Å². The predicted octanol–water partition coefficient (Wildman–Crippen LogP) is 3.93. The highest BCUT2D eigenvalue weighted by Crippen LogP contribution is 2.30. The lowest BCUT2D eigenvalue weighted by atomic mass is 10.0. The fraction of sp³-hybridized carbons (Fsp3) is 0.316. The van der Waals surface area contributed by atoms with E-state index in [0.29, 0.717) is 0 Å². The molecule has 0 saturated carbocycles. The maximum Gasteiger partial charge on any atom is 0.573 e. The quantitative estimate of drug-likeness (QED) is 0.611. The van der Waals surface area contributed by atoms with E-state index in [2.05, 4.69) is 10.1 Å². The molecule has 1 fully saturated rings. The van der Waals surface area contributed by atoms with Gasteiger partial charge in [0.1, 0.15) is 10.6 Å². The van der Waals surface area contributed by atoms with Crippen molar-refractivity contribution in [2.45, 2.75) is 29.8 Å². The van der Waals surface area contributed by atoms with Crippen LogP contribution in [0.4, 0.5) is 23.7 Å². The molecule has 2 aromatic rings. The molecule has 0 spiro atoms. The molecule has 8 nitrogen and oxygen atoms in total. The summed E-state index contributed by atoms with van der Waals surface area (Å²) < 4.78 is 72.4. The second-order valence-electron chi connectivity index (χ2n) is 6.99. The molecule has 3 rings (SSSR count). The van der Waals surface area contributed by atoms with Crippen LogP contribution >= 0.6 is 11.6 Å². The van der Waals surface area contributed by atoms with Crippen LogP contribution in [0.1, 0.15) is 12.8 Å². The van der Waals surface area contributed by atoms with Crippen LogP contribution in [0.5, 0.6) is 5.75 Å². The number of carbonyl (C=O) groups is 1. The normalized spacial score (nSPS) is 16.9. The summed E-state index contributed by atoms with van der Waals surface area (Å²) in [5.41, 5.74) is 4.84. The van der Waals surface area contributed by atoms with Crippen LogP contribution in [0, 0.1) is 0 Å². The maximum absolute atomic E-state index is 12.8. The fourth-order valence-electron chi connectivity index (χ4n) is 3.07. The zero-order chi connectivity index (χ0) is 23.6. The van der Waals surface area contributed by atoms with Crippen molar-refractivity contribution in [3.05, 3.63) is 53.6 Å². The fourth-order valence-corrected chi connectivity index (χ4v) is 5.00. The van der Waals surface area contributed by atoms with Crippen molar-refractivity contribution in [1.82, 2.24) is 4.31 Å². The van der Waals surface area contributed by atoms with Gasteiger partial charge in [-0.25, -0.2) is 13.2 Å². The van der Waals surface area contributed by atoms with E-state index >= 15 is 0 Å². The van der Waals surface area contributed by atoms with Crippen molar-refractivity contribution in [3.63, 3.8) is 0 Å². The lowest BCUT2D eigenvalue weighted by Gasteiger charge is -2.37. The van der Waals surface area contributed by atoms with Crippen LogP contribution in [0.15, 0.2) is 53.4 Å². The molecular weight excluding hydrogens is 475 g/mol. The molecule has 1 aliphatic heterocycles. The SMILES string of the molecule is NC1(OC(=O)Nc2ccc(OC(F)(F)F)cc2)CCN(S(=O)(=O)c2ccccc2Cl)CC1. The Bertz CT molecular complexity index is 1070. The average Bonchev–Trinajstić information content (AvgIpc) is 2.68. The number of sulfonamides is 1. The third kappa shape index (κ3) is 6.03. The number of nitrogens with two attached hydrogens (primary N) is 1. The molecular formula is C19H19ClF3N3O5S. The van der Waals surface area contributed by atoms with Gasteiger partial charge in [0.25, 0.3) is 0 Å². The van der Waals surface area contributed by atoms with Crippen LogP contribution in [-0.2, 0) is 14.8 Å². The van der Waals surface area contributed by atoms with Crippen LogP contribution < -0.4 is 15.8 Å². The highest BCUT2D eigenvalue weighted by Gasteiger charge is 2.39. The summed E-state index contributed by atoms with van der Waals surface area (Å²) in [6, 6.07) is 10.5. The molecule has 1 amide bonds. The summed E-state index contributed by atoms with van der Waals surface area (Å²) >= 11 is 6.00. The Labute approximate surface area is 187 Å². The Kier molecular flexibility index (Phi) is 6.89. The Hall–Kier alpha value is -2.54. The first-order valence-electron chi connectivity index (χ1n) is 9.27. The van der Waals surface area contributed by atoms with Gasteiger partial charge >= 0.3 is 12.5 Å². The molecule has 1 saturated heterocycles. The van der Waals surface area contributed by atoms with Gasteiger partial charge in [0.15, 0.2) is 5.72 Å². The van der Waals surface area contributed by atoms with Gasteiger partial charge in [0.2, 0.25) is 10.0 Å². The minimum Gasteiger partial charge on any atom is -0.428 e. The van der Waals surface area contributed by atoms with E-state index in [9.17, 15) is 26.4 Å². The number of anilines is 1. The smallest absolute Gasteiger partial charge is 0.428 e. The molecule has 13 heteroatoms. The number of halogens is 4. The number of hydrogen-bond donors (Lipinski definition) is 2. The Morgan fingerprint density at radius 2 is 1.69 bits per heavy atom. The van der Waals surface area contributed by atoms with E-state index < -0.39 is 34.0 Å². The van der Waals surface area contributed by atoms with Crippen molar-refractivity contribution in [2.24, 2.45) is 5.73 Å². The topological polar surface area (TPSA) is 111 Å². The Balaban J connectivity index is 1.56. The number of nitrogens with one attached hydrogen (secondary N) is 1. The summed E-state index contributed by atoms with van der Waals surface area (Å²) in [5, 5.41) is 2.45. The largest absolute Gasteiger partial charge is 0.573 e. The molecule has 32 heavy (non-hydrogen) atoms. The molecule has 0 radical (unpaired) electrons. The van der Waals surface area contributed by atoms with E-state index in [-0.39, 0.29) is 41.5 Å². The van der Waals surface area contributed by atoms with Crippen LogP contribution in [0.3, 0.4) is 0 Å². The number of amides is 1. The first-order chi connectivity index (χ1) is 14.9. The van der Waals surface area contributed by atoms with E-state index in [4.69, 9.17) is 22.1 Å². The van der Waals surface area contributed by atoms with Gasteiger partial charge in [-0.15, -0.1) is 13.2 Å². The third-order valence-electron chi connectivity index (χ3n) is 4.65. The predicted molar refractivity (Wildman–Crippen MR) is 110 cm³/mol. The summed E-state index contributed by atoms with van der Waals surface area (Å²) in [4.78, 5) is 12.1. The van der Waals surface area contributed by atoms with Crippen molar-refractivity contribution in [2.75, 3.05) is 18.4 Å². The second kappa shape index (κ2) is 9.14. The van der Waals surface area contributed by atoms with E-state index in [1.807, 2.05) is 0 Å². The summed E-state index contributed by atoms with van der Waals surface area (Å²) in [7, 11) is -3.84. The molecule has 3 N–H and O–H groups in total. The molecule has 1 aliphatic rings. The van der Waals surface area contributed by atoms with Gasteiger partial charge in [0, 0.05) is 31.6 Å². The summed E-state index contributed by atoms with van der Waals surface area (Å²) in [5.74, 6) is -0.446. The molecule has 0 unspecified atom stereocenters. The zero-order valence-electron chi connectivity index (χ0n) is 16.4. The number of carbonyl (C=O) groups excluding carboxylic acids is 1. The number of ether oxygens (including phenoxy) is 2. The molecule has 0 aliphatic carbocycles. The van der Waals surface area contributed by atoms with Gasteiger partial charge in [-0.3, -0.25) is 11.1 Å². The van der Waals surface area contributed by atoms with E-state index in [1.54, 1.807) is 12.1 Å². The minimum atomic E-state index is -4.83. The highest BCUT2D eigenvalue weighted by molar-refractivity contribution is 7.89. The second-order valence-corrected chi connectivity index (χ2v) is 9.30. The monoisotopic (exact) mass is 493 g/mol. The standard InChI is InChI=1S/C19H19ClF3N3O5S/c20-15-3-1-2-4-16(15)32(28,29)26-11-9-18(24,10-12-26)31-17(27)25-13-5-7-14(8-6-13)30-19(21,22)23/h1-8H,9-12,24H2,(H,25,27).